The number of fused-ring (bicyclic) bond motifs is 1. The van der Waals surface area contributed by atoms with E-state index in [4.69, 9.17) is 0 Å². The van der Waals surface area contributed by atoms with E-state index in [0.717, 1.165) is 49.2 Å². The molecule has 1 aliphatic rings. The molecular weight excluding hydrogens is 412 g/mol. The third kappa shape index (κ3) is 5.78. The predicted octanol–water partition coefficient (Wildman–Crippen LogP) is 3.44. The molecule has 1 N–H and O–H groups in total. The van der Waals surface area contributed by atoms with Crippen LogP contribution in [0.5, 0.6) is 0 Å². The molecular formula is C27H32N4O2. The van der Waals surface area contributed by atoms with Crippen molar-refractivity contribution >= 4 is 28.3 Å². The van der Waals surface area contributed by atoms with E-state index in [1.165, 1.54) is 5.56 Å². The number of carbonyl (C=O) groups is 2. The lowest BCUT2D eigenvalue weighted by molar-refractivity contribution is -0.135. The summed E-state index contributed by atoms with van der Waals surface area (Å²) < 4.78 is 0. The number of benzene rings is 3. The fraction of sp³-hybridized carbons (Fsp3) is 0.333. The highest BCUT2D eigenvalue weighted by Crippen LogP contribution is 2.23. The Bertz CT molecular complexity index is 1090. The number of nitrogens with zero attached hydrogens (tertiary/aromatic N) is 3. The first-order valence-electron chi connectivity index (χ1n) is 11.5. The average Bonchev–Trinajstić information content (AvgIpc) is 2.84. The van der Waals surface area contributed by atoms with E-state index in [2.05, 4.69) is 34.5 Å². The average molecular weight is 445 g/mol. The van der Waals surface area contributed by atoms with Crippen molar-refractivity contribution in [3.8, 4) is 0 Å². The lowest BCUT2D eigenvalue weighted by Gasteiger charge is -2.36. The van der Waals surface area contributed by atoms with Crippen LogP contribution >= 0.6 is 0 Å². The molecule has 0 aromatic heterocycles. The summed E-state index contributed by atoms with van der Waals surface area (Å²) in [7, 11) is 1.83. The van der Waals surface area contributed by atoms with E-state index >= 15 is 0 Å². The van der Waals surface area contributed by atoms with Crippen molar-refractivity contribution in [1.29, 1.82) is 0 Å². The van der Waals surface area contributed by atoms with Gasteiger partial charge in [-0.15, -0.1) is 0 Å². The van der Waals surface area contributed by atoms with Crippen molar-refractivity contribution in [2.75, 3.05) is 45.1 Å². The highest BCUT2D eigenvalue weighted by Gasteiger charge is 2.25. The Labute approximate surface area is 195 Å². The van der Waals surface area contributed by atoms with Crippen molar-refractivity contribution in [2.45, 2.75) is 19.5 Å². The maximum Gasteiger partial charge on any atom is 0.241 e. The van der Waals surface area contributed by atoms with Crippen molar-refractivity contribution in [2.24, 2.45) is 0 Å². The number of anilines is 1. The highest BCUT2D eigenvalue weighted by atomic mass is 16.2. The minimum atomic E-state index is -0.424. The van der Waals surface area contributed by atoms with Gasteiger partial charge in [-0.3, -0.25) is 19.4 Å². The molecule has 0 aliphatic carbocycles. The molecule has 1 saturated heterocycles. The van der Waals surface area contributed by atoms with Gasteiger partial charge in [0, 0.05) is 43.8 Å². The molecule has 4 rings (SSSR count). The second-order valence-corrected chi connectivity index (χ2v) is 8.75. The Balaban J connectivity index is 1.27. The van der Waals surface area contributed by atoms with Crippen LogP contribution in [-0.4, -0.2) is 72.3 Å². The van der Waals surface area contributed by atoms with Gasteiger partial charge in [0.25, 0.3) is 0 Å². The molecule has 0 radical (unpaired) electrons. The minimum absolute atomic E-state index is 0.0710. The first-order valence-corrected chi connectivity index (χ1v) is 11.5. The van der Waals surface area contributed by atoms with E-state index in [1.54, 1.807) is 0 Å². The van der Waals surface area contributed by atoms with Crippen LogP contribution in [0.25, 0.3) is 10.8 Å². The van der Waals surface area contributed by atoms with E-state index in [9.17, 15) is 9.59 Å². The van der Waals surface area contributed by atoms with E-state index in [1.807, 2.05) is 72.3 Å². The maximum atomic E-state index is 12.9. The van der Waals surface area contributed by atoms with Crippen molar-refractivity contribution in [1.82, 2.24) is 14.7 Å². The number of amides is 2. The zero-order valence-electron chi connectivity index (χ0n) is 19.4. The largest absolute Gasteiger partial charge is 0.339 e. The molecule has 6 nitrogen and oxygen atoms in total. The molecule has 6 heteroatoms. The Morgan fingerprint density at radius 1 is 0.909 bits per heavy atom. The van der Waals surface area contributed by atoms with Crippen LogP contribution in [0, 0.1) is 0 Å². The molecule has 3 aromatic rings. The second-order valence-electron chi connectivity index (χ2n) is 8.75. The summed E-state index contributed by atoms with van der Waals surface area (Å²) in [6.07, 6.45) is 0. The number of nitrogens with one attached hydrogen (secondary N) is 1. The van der Waals surface area contributed by atoms with Crippen LogP contribution in [0.1, 0.15) is 12.5 Å². The van der Waals surface area contributed by atoms with E-state index < -0.39 is 6.04 Å². The quantitative estimate of drug-likeness (QED) is 0.607. The van der Waals surface area contributed by atoms with Gasteiger partial charge in [-0.25, -0.2) is 0 Å². The normalized spacial score (nSPS) is 15.5. The fourth-order valence-corrected chi connectivity index (χ4v) is 4.22. The monoisotopic (exact) mass is 444 g/mol. The lowest BCUT2D eigenvalue weighted by atomic mass is 10.1. The summed E-state index contributed by atoms with van der Waals surface area (Å²) in [4.78, 5) is 31.9. The third-order valence-electron chi connectivity index (χ3n) is 6.45. The summed E-state index contributed by atoms with van der Waals surface area (Å²) >= 11 is 0. The molecule has 0 spiro atoms. The van der Waals surface area contributed by atoms with Gasteiger partial charge in [0.15, 0.2) is 0 Å². The minimum Gasteiger partial charge on any atom is -0.339 e. The summed E-state index contributed by atoms with van der Waals surface area (Å²) in [6, 6.07) is 23.8. The highest BCUT2D eigenvalue weighted by molar-refractivity contribution is 6.03. The number of likely N-dealkylation sites (N-methyl/N-ethyl adjacent to an activating group) is 1. The summed E-state index contributed by atoms with van der Waals surface area (Å²) in [5.41, 5.74) is 2.09. The Kier molecular flexibility index (Phi) is 7.37. The SMILES string of the molecule is C[C@H](C(=O)Nc1cccc2ccccc12)N(C)CC(=O)N1CCN(Cc2ccccc2)CC1. The van der Waals surface area contributed by atoms with Crippen molar-refractivity contribution < 1.29 is 9.59 Å². The molecule has 0 saturated carbocycles. The van der Waals surface area contributed by atoms with Crippen molar-refractivity contribution in [3.63, 3.8) is 0 Å². The first kappa shape index (κ1) is 23.0. The van der Waals surface area contributed by atoms with Gasteiger partial charge in [-0.2, -0.15) is 0 Å². The maximum absolute atomic E-state index is 12.9. The molecule has 3 aromatic carbocycles. The van der Waals surface area contributed by atoms with Gasteiger partial charge >= 0.3 is 0 Å². The van der Waals surface area contributed by atoms with Crippen LogP contribution < -0.4 is 5.32 Å². The molecule has 2 amide bonds. The van der Waals surface area contributed by atoms with Crippen LogP contribution in [0.4, 0.5) is 5.69 Å². The lowest BCUT2D eigenvalue weighted by Crippen LogP contribution is -2.52. The zero-order valence-corrected chi connectivity index (χ0v) is 19.4. The smallest absolute Gasteiger partial charge is 0.241 e. The molecule has 1 fully saturated rings. The van der Waals surface area contributed by atoms with Gasteiger partial charge in [-0.1, -0.05) is 66.7 Å². The van der Waals surface area contributed by atoms with Gasteiger partial charge in [0.2, 0.25) is 11.8 Å². The summed E-state index contributed by atoms with van der Waals surface area (Å²) in [5.74, 6) is -0.0454. The topological polar surface area (TPSA) is 55.9 Å². The first-order chi connectivity index (χ1) is 16.0. The Morgan fingerprint density at radius 3 is 2.33 bits per heavy atom. The predicted molar refractivity (Wildman–Crippen MR) is 133 cm³/mol. The molecule has 1 aliphatic heterocycles. The molecule has 172 valence electrons. The van der Waals surface area contributed by atoms with Gasteiger partial charge in [0.1, 0.15) is 0 Å². The van der Waals surface area contributed by atoms with Crippen LogP contribution in [0.15, 0.2) is 72.8 Å². The fourth-order valence-electron chi connectivity index (χ4n) is 4.22. The number of piperazine rings is 1. The molecule has 1 heterocycles. The number of rotatable bonds is 7. The Morgan fingerprint density at radius 2 is 1.58 bits per heavy atom. The van der Waals surface area contributed by atoms with Crippen LogP contribution in [0.3, 0.4) is 0 Å². The van der Waals surface area contributed by atoms with Gasteiger partial charge in [0.05, 0.1) is 12.6 Å². The van der Waals surface area contributed by atoms with Crippen molar-refractivity contribution in [3.05, 3.63) is 78.4 Å². The second kappa shape index (κ2) is 10.6. The standard InChI is InChI=1S/C27H32N4O2/c1-21(27(33)28-25-14-8-12-23-11-6-7-13-24(23)25)29(2)20-26(32)31-17-15-30(16-18-31)19-22-9-4-3-5-10-22/h3-14,21H,15-20H2,1-2H3,(H,28,33)/t21-/m1/s1. The van der Waals surface area contributed by atoms with Crippen LogP contribution in [0.2, 0.25) is 0 Å². The molecule has 33 heavy (non-hydrogen) atoms. The zero-order chi connectivity index (χ0) is 23.2. The van der Waals surface area contributed by atoms with Crippen LogP contribution in [-0.2, 0) is 16.1 Å². The van der Waals surface area contributed by atoms with Gasteiger partial charge in [-0.05, 0) is 31.0 Å². The van der Waals surface area contributed by atoms with Gasteiger partial charge < -0.3 is 10.2 Å². The molecule has 0 unspecified atom stereocenters. The summed E-state index contributed by atoms with van der Waals surface area (Å²) in [5, 5.41) is 5.12. The van der Waals surface area contributed by atoms with E-state index in [0.29, 0.717) is 0 Å². The molecule has 1 atom stereocenters. The van der Waals surface area contributed by atoms with E-state index in [-0.39, 0.29) is 18.4 Å². The third-order valence-corrected chi connectivity index (χ3v) is 6.45. The number of hydrogen-bond acceptors (Lipinski definition) is 4. The number of hydrogen-bond donors (Lipinski definition) is 1. The Hall–Kier alpha value is -3.22. The molecule has 0 bridgehead atoms. The number of carbonyl (C=O) groups excluding carboxylic acids is 2. The summed E-state index contributed by atoms with van der Waals surface area (Å²) in [6.45, 7) is 6.14.